The van der Waals surface area contributed by atoms with Gasteiger partial charge in [0.05, 0.1) is 12.8 Å². The number of thiazole rings is 1. The second-order valence-electron chi connectivity index (χ2n) is 3.97. The summed E-state index contributed by atoms with van der Waals surface area (Å²) in [4.78, 5) is 15.0. The molecule has 0 N–H and O–H groups in total. The monoisotopic (exact) mass is 261 g/mol. The van der Waals surface area contributed by atoms with E-state index in [0.717, 1.165) is 36.1 Å². The lowest BCUT2D eigenvalue weighted by Gasteiger charge is -2.08. The van der Waals surface area contributed by atoms with Crippen molar-refractivity contribution in [3.8, 4) is 17.0 Å². The minimum atomic E-state index is 0.493. The van der Waals surface area contributed by atoms with Crippen molar-refractivity contribution in [2.24, 2.45) is 0 Å². The molecule has 3 nitrogen and oxygen atoms in total. The number of aldehydes is 1. The summed E-state index contributed by atoms with van der Waals surface area (Å²) in [5.41, 5.74) is 3.01. The number of carbonyl (C=O) groups excluding carboxylic acids is 1. The van der Waals surface area contributed by atoms with Gasteiger partial charge in [-0.15, -0.1) is 11.3 Å². The standard InChI is InChI=1S/C14H15NO2S/c1-3-4-10-5-6-13(17-2)11(7-10)12-9-18-14(8-16)15-12/h5-9H,3-4H2,1-2H3. The quantitative estimate of drug-likeness (QED) is 0.772. The summed E-state index contributed by atoms with van der Waals surface area (Å²) in [5, 5.41) is 2.38. The van der Waals surface area contributed by atoms with Crippen LogP contribution in [-0.4, -0.2) is 18.4 Å². The first kappa shape index (κ1) is 12.8. The number of aromatic nitrogens is 1. The van der Waals surface area contributed by atoms with Crippen molar-refractivity contribution in [3.05, 3.63) is 34.2 Å². The average Bonchev–Trinajstić information content (AvgIpc) is 2.87. The van der Waals surface area contributed by atoms with Gasteiger partial charge in [-0.25, -0.2) is 4.98 Å². The summed E-state index contributed by atoms with van der Waals surface area (Å²) in [6.07, 6.45) is 2.90. The fraction of sp³-hybridized carbons (Fsp3) is 0.286. The zero-order valence-electron chi connectivity index (χ0n) is 10.5. The van der Waals surface area contributed by atoms with Crippen LogP contribution in [0.3, 0.4) is 0 Å². The van der Waals surface area contributed by atoms with Gasteiger partial charge in [-0.3, -0.25) is 4.79 Å². The molecule has 0 radical (unpaired) electrons. The normalized spacial score (nSPS) is 10.3. The molecule has 0 aliphatic rings. The second kappa shape index (κ2) is 5.78. The molecule has 0 saturated carbocycles. The Kier molecular flexibility index (Phi) is 4.10. The lowest BCUT2D eigenvalue weighted by Crippen LogP contribution is -1.91. The molecule has 94 valence electrons. The number of benzene rings is 1. The van der Waals surface area contributed by atoms with Crippen molar-refractivity contribution in [2.75, 3.05) is 7.11 Å². The molecule has 0 aliphatic carbocycles. The molecule has 0 fully saturated rings. The topological polar surface area (TPSA) is 39.2 Å². The van der Waals surface area contributed by atoms with Gasteiger partial charge in [-0.05, 0) is 24.1 Å². The van der Waals surface area contributed by atoms with E-state index in [1.165, 1.54) is 16.9 Å². The Labute approximate surface area is 110 Å². The highest BCUT2D eigenvalue weighted by molar-refractivity contribution is 7.11. The molecule has 2 rings (SSSR count). The molecule has 0 amide bonds. The molecular weight excluding hydrogens is 246 g/mol. The van der Waals surface area contributed by atoms with Gasteiger partial charge in [-0.2, -0.15) is 0 Å². The van der Waals surface area contributed by atoms with Crippen LogP contribution in [0.25, 0.3) is 11.3 Å². The van der Waals surface area contributed by atoms with Crippen molar-refractivity contribution in [3.63, 3.8) is 0 Å². The van der Waals surface area contributed by atoms with Crippen molar-refractivity contribution in [2.45, 2.75) is 19.8 Å². The van der Waals surface area contributed by atoms with Crippen LogP contribution in [-0.2, 0) is 6.42 Å². The number of methoxy groups -OCH3 is 1. The molecule has 0 spiro atoms. The number of aryl methyl sites for hydroxylation is 1. The zero-order chi connectivity index (χ0) is 13.0. The molecule has 0 atom stereocenters. The van der Waals surface area contributed by atoms with Crippen molar-refractivity contribution in [1.29, 1.82) is 0 Å². The smallest absolute Gasteiger partial charge is 0.178 e. The molecule has 18 heavy (non-hydrogen) atoms. The van der Waals surface area contributed by atoms with Crippen LogP contribution in [0.1, 0.15) is 28.7 Å². The van der Waals surface area contributed by atoms with E-state index in [4.69, 9.17) is 4.74 Å². The van der Waals surface area contributed by atoms with Gasteiger partial charge in [-0.1, -0.05) is 19.4 Å². The molecule has 0 aliphatic heterocycles. The van der Waals surface area contributed by atoms with E-state index in [2.05, 4.69) is 24.0 Å². The number of carbonyl (C=O) groups is 1. The number of ether oxygens (including phenoxy) is 1. The van der Waals surface area contributed by atoms with Gasteiger partial charge in [0, 0.05) is 10.9 Å². The summed E-state index contributed by atoms with van der Waals surface area (Å²) < 4.78 is 5.35. The third-order valence-electron chi connectivity index (χ3n) is 2.70. The van der Waals surface area contributed by atoms with E-state index in [1.54, 1.807) is 7.11 Å². The summed E-state index contributed by atoms with van der Waals surface area (Å²) in [6.45, 7) is 2.15. The Hall–Kier alpha value is -1.68. The van der Waals surface area contributed by atoms with Gasteiger partial charge in [0.2, 0.25) is 0 Å². The van der Waals surface area contributed by atoms with Crippen LogP contribution in [0.2, 0.25) is 0 Å². The van der Waals surface area contributed by atoms with E-state index in [-0.39, 0.29) is 0 Å². The lowest BCUT2D eigenvalue weighted by atomic mass is 10.0. The van der Waals surface area contributed by atoms with E-state index < -0.39 is 0 Å². The molecular formula is C14H15NO2S. The maximum Gasteiger partial charge on any atom is 0.178 e. The fourth-order valence-electron chi connectivity index (χ4n) is 1.86. The van der Waals surface area contributed by atoms with E-state index in [9.17, 15) is 4.79 Å². The lowest BCUT2D eigenvalue weighted by molar-refractivity contribution is 0.112. The SMILES string of the molecule is CCCc1ccc(OC)c(-c2csc(C=O)n2)c1. The largest absolute Gasteiger partial charge is 0.496 e. The number of hydrogen-bond donors (Lipinski definition) is 0. The Bertz CT molecular complexity index is 548. The summed E-state index contributed by atoms with van der Waals surface area (Å²) in [7, 11) is 1.64. The Balaban J connectivity index is 2.45. The van der Waals surface area contributed by atoms with Crippen molar-refractivity contribution < 1.29 is 9.53 Å². The Morgan fingerprint density at radius 1 is 1.44 bits per heavy atom. The van der Waals surface area contributed by atoms with Crippen LogP contribution in [0.15, 0.2) is 23.6 Å². The minimum absolute atomic E-state index is 0.493. The first-order valence-electron chi connectivity index (χ1n) is 5.86. The number of nitrogens with zero attached hydrogens (tertiary/aromatic N) is 1. The number of hydrogen-bond acceptors (Lipinski definition) is 4. The fourth-order valence-corrected chi connectivity index (χ4v) is 2.48. The van der Waals surface area contributed by atoms with Gasteiger partial charge < -0.3 is 4.74 Å². The highest BCUT2D eigenvalue weighted by atomic mass is 32.1. The Morgan fingerprint density at radius 3 is 2.89 bits per heavy atom. The minimum Gasteiger partial charge on any atom is -0.496 e. The highest BCUT2D eigenvalue weighted by Gasteiger charge is 2.10. The van der Waals surface area contributed by atoms with Gasteiger partial charge >= 0.3 is 0 Å². The van der Waals surface area contributed by atoms with Crippen LogP contribution < -0.4 is 4.74 Å². The van der Waals surface area contributed by atoms with Crippen molar-refractivity contribution in [1.82, 2.24) is 4.98 Å². The summed E-state index contributed by atoms with van der Waals surface area (Å²) >= 11 is 1.35. The van der Waals surface area contributed by atoms with E-state index in [1.807, 2.05) is 11.4 Å². The molecule has 0 saturated heterocycles. The summed E-state index contributed by atoms with van der Waals surface area (Å²) in [6, 6.07) is 6.12. The zero-order valence-corrected chi connectivity index (χ0v) is 11.3. The molecule has 0 bridgehead atoms. The van der Waals surface area contributed by atoms with Crippen LogP contribution >= 0.6 is 11.3 Å². The van der Waals surface area contributed by atoms with Crippen LogP contribution in [0.5, 0.6) is 5.75 Å². The molecule has 1 heterocycles. The van der Waals surface area contributed by atoms with Gasteiger partial charge in [0.15, 0.2) is 11.3 Å². The van der Waals surface area contributed by atoms with Gasteiger partial charge in [0.25, 0.3) is 0 Å². The predicted molar refractivity (Wildman–Crippen MR) is 73.5 cm³/mol. The maximum absolute atomic E-state index is 10.7. The van der Waals surface area contributed by atoms with E-state index in [0.29, 0.717) is 5.01 Å². The van der Waals surface area contributed by atoms with E-state index >= 15 is 0 Å². The average molecular weight is 261 g/mol. The number of rotatable bonds is 5. The molecule has 0 unspecified atom stereocenters. The molecule has 1 aromatic heterocycles. The van der Waals surface area contributed by atoms with Crippen LogP contribution in [0.4, 0.5) is 0 Å². The first-order valence-corrected chi connectivity index (χ1v) is 6.74. The van der Waals surface area contributed by atoms with Crippen molar-refractivity contribution >= 4 is 17.6 Å². The van der Waals surface area contributed by atoms with Gasteiger partial charge in [0.1, 0.15) is 5.75 Å². The maximum atomic E-state index is 10.7. The highest BCUT2D eigenvalue weighted by Crippen LogP contribution is 2.31. The molecule has 4 heteroatoms. The third-order valence-corrected chi connectivity index (χ3v) is 3.47. The first-order chi connectivity index (χ1) is 8.78. The molecule has 1 aromatic carbocycles. The third kappa shape index (κ3) is 2.59. The molecule has 2 aromatic rings. The predicted octanol–water partition coefficient (Wildman–Crippen LogP) is 3.58. The van der Waals surface area contributed by atoms with Crippen LogP contribution in [0, 0.1) is 0 Å². The summed E-state index contributed by atoms with van der Waals surface area (Å²) in [5.74, 6) is 0.789. The second-order valence-corrected chi connectivity index (χ2v) is 4.86. The Morgan fingerprint density at radius 2 is 2.28 bits per heavy atom.